The fourth-order valence-electron chi connectivity index (χ4n) is 3.32. The summed E-state index contributed by atoms with van der Waals surface area (Å²) in [6.07, 6.45) is 1.23. The number of nitrogens with zero attached hydrogens (tertiary/aromatic N) is 3. The van der Waals surface area contributed by atoms with Crippen molar-refractivity contribution in [2.75, 3.05) is 0 Å². The molecule has 0 aliphatic carbocycles. The molecule has 0 saturated heterocycles. The Morgan fingerprint density at radius 2 is 1.86 bits per heavy atom. The van der Waals surface area contributed by atoms with Gasteiger partial charge in [0.15, 0.2) is 0 Å². The van der Waals surface area contributed by atoms with Crippen molar-refractivity contribution < 1.29 is 9.50 Å². The lowest BCUT2D eigenvalue weighted by atomic mass is 10.0. The highest BCUT2D eigenvalue weighted by molar-refractivity contribution is 6.39. The standard InChI is InChI=1S/C22H18Cl2FN3O/c1-12-26-11-19(28(12)2)21(29)14-5-8-18-16(10-14)20(23)17(22(24)27-18)9-13-3-6-15(25)7-4-13/h3-8,10-11,21,29H,9H2,1-2H3. The smallest absolute Gasteiger partial charge is 0.134 e. The van der Waals surface area contributed by atoms with E-state index in [9.17, 15) is 9.50 Å². The Morgan fingerprint density at radius 1 is 1.14 bits per heavy atom. The molecule has 29 heavy (non-hydrogen) atoms. The highest BCUT2D eigenvalue weighted by Gasteiger charge is 2.19. The molecule has 2 aromatic heterocycles. The van der Waals surface area contributed by atoms with Crippen LogP contribution in [0.2, 0.25) is 10.2 Å². The monoisotopic (exact) mass is 429 g/mol. The molecule has 1 unspecified atom stereocenters. The van der Waals surface area contributed by atoms with E-state index < -0.39 is 6.10 Å². The first kappa shape index (κ1) is 19.8. The molecule has 0 amide bonds. The molecule has 0 fully saturated rings. The minimum atomic E-state index is -0.849. The van der Waals surface area contributed by atoms with Gasteiger partial charge in [-0.15, -0.1) is 0 Å². The van der Waals surface area contributed by atoms with Gasteiger partial charge in [-0.3, -0.25) is 0 Å². The largest absolute Gasteiger partial charge is 0.382 e. The molecule has 148 valence electrons. The molecule has 0 saturated carbocycles. The number of hydrogen-bond acceptors (Lipinski definition) is 3. The first-order chi connectivity index (χ1) is 13.8. The maximum Gasteiger partial charge on any atom is 0.134 e. The van der Waals surface area contributed by atoms with E-state index in [0.29, 0.717) is 44.3 Å². The number of aliphatic hydroxyl groups is 1. The topological polar surface area (TPSA) is 50.9 Å². The van der Waals surface area contributed by atoms with Crippen molar-refractivity contribution in [1.29, 1.82) is 0 Å². The van der Waals surface area contributed by atoms with Gasteiger partial charge in [0.25, 0.3) is 0 Å². The van der Waals surface area contributed by atoms with Crippen molar-refractivity contribution in [3.63, 3.8) is 0 Å². The second kappa shape index (κ2) is 7.75. The van der Waals surface area contributed by atoms with E-state index in [1.54, 1.807) is 30.5 Å². The summed E-state index contributed by atoms with van der Waals surface area (Å²) in [5.74, 6) is 0.513. The molecule has 0 aliphatic rings. The Balaban J connectivity index is 1.77. The fourth-order valence-corrected chi connectivity index (χ4v) is 3.93. The predicted molar refractivity (Wildman–Crippen MR) is 113 cm³/mol. The molecular formula is C22H18Cl2FN3O. The van der Waals surface area contributed by atoms with Gasteiger partial charge in [-0.05, 0) is 42.3 Å². The second-order valence-corrected chi connectivity index (χ2v) is 7.70. The number of aromatic nitrogens is 3. The molecule has 4 nitrogen and oxygen atoms in total. The quantitative estimate of drug-likeness (QED) is 0.442. The summed E-state index contributed by atoms with van der Waals surface area (Å²) in [5, 5.41) is 12.3. The number of pyridine rings is 1. The van der Waals surface area contributed by atoms with Gasteiger partial charge >= 0.3 is 0 Å². The molecule has 0 spiro atoms. The van der Waals surface area contributed by atoms with Crippen LogP contribution in [-0.4, -0.2) is 19.6 Å². The van der Waals surface area contributed by atoms with Crippen molar-refractivity contribution in [2.24, 2.45) is 7.05 Å². The highest BCUT2D eigenvalue weighted by atomic mass is 35.5. The van der Waals surface area contributed by atoms with Crippen LogP contribution in [0.1, 0.15) is 34.3 Å². The van der Waals surface area contributed by atoms with E-state index in [0.717, 1.165) is 11.4 Å². The van der Waals surface area contributed by atoms with Gasteiger partial charge in [-0.1, -0.05) is 41.4 Å². The summed E-state index contributed by atoms with van der Waals surface area (Å²) in [6.45, 7) is 1.88. The second-order valence-electron chi connectivity index (χ2n) is 6.97. The van der Waals surface area contributed by atoms with Crippen molar-refractivity contribution in [3.05, 3.63) is 92.9 Å². The van der Waals surface area contributed by atoms with E-state index in [4.69, 9.17) is 23.2 Å². The average Bonchev–Trinajstić information content (AvgIpc) is 3.04. The molecule has 2 aromatic carbocycles. The van der Waals surface area contributed by atoms with Gasteiger partial charge in [-0.25, -0.2) is 14.4 Å². The third kappa shape index (κ3) is 3.73. The lowest BCUT2D eigenvalue weighted by molar-refractivity contribution is 0.211. The number of hydrogen-bond donors (Lipinski definition) is 1. The summed E-state index contributed by atoms with van der Waals surface area (Å²) in [4.78, 5) is 8.69. The van der Waals surface area contributed by atoms with Crippen LogP contribution in [0.5, 0.6) is 0 Å². The Labute approximate surface area is 177 Å². The fraction of sp³-hybridized carbons (Fsp3) is 0.182. The number of imidazole rings is 1. The van der Waals surface area contributed by atoms with E-state index >= 15 is 0 Å². The van der Waals surface area contributed by atoms with Crippen LogP contribution in [-0.2, 0) is 13.5 Å². The van der Waals surface area contributed by atoms with Crippen LogP contribution in [0.25, 0.3) is 10.9 Å². The van der Waals surface area contributed by atoms with Gasteiger partial charge in [-0.2, -0.15) is 0 Å². The zero-order valence-corrected chi connectivity index (χ0v) is 17.3. The molecule has 4 rings (SSSR count). The highest BCUT2D eigenvalue weighted by Crippen LogP contribution is 2.35. The van der Waals surface area contributed by atoms with Crippen LogP contribution < -0.4 is 0 Å². The summed E-state index contributed by atoms with van der Waals surface area (Å²) in [5.41, 5.74) is 3.54. The number of benzene rings is 2. The Morgan fingerprint density at radius 3 is 2.52 bits per heavy atom. The third-order valence-electron chi connectivity index (χ3n) is 5.14. The van der Waals surface area contributed by atoms with Gasteiger partial charge in [0, 0.05) is 24.4 Å². The molecule has 4 aromatic rings. The average molecular weight is 430 g/mol. The number of fused-ring (bicyclic) bond motifs is 1. The molecule has 0 radical (unpaired) electrons. The van der Waals surface area contributed by atoms with Crippen LogP contribution in [0.3, 0.4) is 0 Å². The first-order valence-electron chi connectivity index (χ1n) is 9.03. The number of halogens is 3. The number of rotatable bonds is 4. The molecule has 0 bridgehead atoms. The normalized spacial score (nSPS) is 12.5. The Bertz CT molecular complexity index is 1210. The van der Waals surface area contributed by atoms with E-state index in [2.05, 4.69) is 9.97 Å². The van der Waals surface area contributed by atoms with Crippen LogP contribution in [0.4, 0.5) is 4.39 Å². The minimum Gasteiger partial charge on any atom is -0.382 e. The van der Waals surface area contributed by atoms with Crippen molar-refractivity contribution in [3.8, 4) is 0 Å². The van der Waals surface area contributed by atoms with Crippen molar-refractivity contribution >= 4 is 34.1 Å². The summed E-state index contributed by atoms with van der Waals surface area (Å²) in [6, 6.07) is 11.6. The third-order valence-corrected chi connectivity index (χ3v) is 5.88. The summed E-state index contributed by atoms with van der Waals surface area (Å²) in [7, 11) is 1.86. The summed E-state index contributed by atoms with van der Waals surface area (Å²) < 4.78 is 15.0. The zero-order valence-electron chi connectivity index (χ0n) is 15.8. The van der Waals surface area contributed by atoms with Crippen LogP contribution in [0.15, 0.2) is 48.7 Å². The van der Waals surface area contributed by atoms with Crippen LogP contribution in [0, 0.1) is 12.7 Å². The predicted octanol–water partition coefficient (Wildman–Crippen LogP) is 5.40. The molecule has 1 N–H and O–H groups in total. The maximum atomic E-state index is 13.2. The van der Waals surface area contributed by atoms with E-state index in [1.165, 1.54) is 12.1 Å². The minimum absolute atomic E-state index is 0.299. The Kier molecular flexibility index (Phi) is 5.30. The first-order valence-corrected chi connectivity index (χ1v) is 9.79. The van der Waals surface area contributed by atoms with Gasteiger partial charge in [0.05, 0.1) is 22.4 Å². The SMILES string of the molecule is Cc1ncc(C(O)c2ccc3nc(Cl)c(Cc4ccc(F)cc4)c(Cl)c3c2)n1C. The maximum absolute atomic E-state index is 13.2. The molecule has 1 atom stereocenters. The molecular weight excluding hydrogens is 412 g/mol. The number of aryl methyl sites for hydroxylation is 1. The lowest BCUT2D eigenvalue weighted by Crippen LogP contribution is -2.07. The van der Waals surface area contributed by atoms with Crippen molar-refractivity contribution in [2.45, 2.75) is 19.4 Å². The summed E-state index contributed by atoms with van der Waals surface area (Å²) >= 11 is 13.1. The van der Waals surface area contributed by atoms with Gasteiger partial charge in [0.1, 0.15) is 22.9 Å². The number of aliphatic hydroxyl groups excluding tert-OH is 1. The van der Waals surface area contributed by atoms with E-state index in [-0.39, 0.29) is 5.82 Å². The lowest BCUT2D eigenvalue weighted by Gasteiger charge is -2.15. The van der Waals surface area contributed by atoms with Gasteiger partial charge < -0.3 is 9.67 Å². The zero-order chi connectivity index (χ0) is 20.7. The molecule has 0 aliphatic heterocycles. The van der Waals surface area contributed by atoms with Crippen molar-refractivity contribution in [1.82, 2.24) is 14.5 Å². The van der Waals surface area contributed by atoms with Gasteiger partial charge in [0.2, 0.25) is 0 Å². The van der Waals surface area contributed by atoms with Crippen LogP contribution >= 0.6 is 23.2 Å². The molecule has 7 heteroatoms. The Hall–Kier alpha value is -2.47. The molecule has 2 heterocycles. The van der Waals surface area contributed by atoms with E-state index in [1.807, 2.05) is 24.6 Å².